The summed E-state index contributed by atoms with van der Waals surface area (Å²) in [5.41, 5.74) is 1.09. The molecule has 0 atom stereocenters. The zero-order chi connectivity index (χ0) is 17.0. The quantitative estimate of drug-likeness (QED) is 0.374. The van der Waals surface area contributed by atoms with Crippen LogP contribution in [0, 0.1) is 24.0 Å². The van der Waals surface area contributed by atoms with Crippen molar-refractivity contribution in [3.63, 3.8) is 0 Å². The number of nitro groups is 1. The van der Waals surface area contributed by atoms with Crippen LogP contribution in [0.4, 0.5) is 11.4 Å². The topological polar surface area (TPSA) is 118 Å². The van der Waals surface area contributed by atoms with Gasteiger partial charge in [-0.25, -0.2) is 4.98 Å². The molecule has 0 saturated heterocycles. The number of anilines is 1. The SMILES string of the molecule is Cc1cc(=O)[nH]c(SCC(=O)Nc2ccc(C)c([N+](=O)[O-])c2)n1. The van der Waals surface area contributed by atoms with Crippen molar-refractivity contribution in [3.8, 4) is 0 Å². The van der Waals surface area contributed by atoms with Gasteiger partial charge in [0.2, 0.25) is 5.91 Å². The number of thioether (sulfide) groups is 1. The van der Waals surface area contributed by atoms with E-state index >= 15 is 0 Å². The summed E-state index contributed by atoms with van der Waals surface area (Å²) in [6, 6.07) is 5.83. The minimum absolute atomic E-state index is 0.0219. The van der Waals surface area contributed by atoms with Crippen LogP contribution in [0.1, 0.15) is 11.3 Å². The first-order valence-electron chi connectivity index (χ1n) is 6.61. The van der Waals surface area contributed by atoms with E-state index in [2.05, 4.69) is 15.3 Å². The van der Waals surface area contributed by atoms with Gasteiger partial charge in [0, 0.05) is 29.1 Å². The first-order chi connectivity index (χ1) is 10.8. The Kier molecular flexibility index (Phi) is 5.12. The largest absolute Gasteiger partial charge is 0.325 e. The number of nitrogens with one attached hydrogen (secondary N) is 2. The first-order valence-corrected chi connectivity index (χ1v) is 7.59. The monoisotopic (exact) mass is 334 g/mol. The Morgan fingerprint density at radius 1 is 1.39 bits per heavy atom. The van der Waals surface area contributed by atoms with Gasteiger partial charge < -0.3 is 10.3 Å². The lowest BCUT2D eigenvalue weighted by atomic mass is 10.2. The van der Waals surface area contributed by atoms with Crippen LogP contribution in [0.5, 0.6) is 0 Å². The Bertz CT molecular complexity index is 819. The van der Waals surface area contributed by atoms with Crippen LogP contribution < -0.4 is 10.9 Å². The number of hydrogen-bond donors (Lipinski definition) is 2. The highest BCUT2D eigenvalue weighted by Crippen LogP contribution is 2.22. The molecule has 2 aromatic rings. The van der Waals surface area contributed by atoms with Crippen molar-refractivity contribution >= 4 is 29.0 Å². The molecule has 0 aliphatic carbocycles. The zero-order valence-corrected chi connectivity index (χ0v) is 13.3. The van der Waals surface area contributed by atoms with E-state index in [1.54, 1.807) is 26.0 Å². The number of hydrogen-bond acceptors (Lipinski definition) is 6. The lowest BCUT2D eigenvalue weighted by molar-refractivity contribution is -0.385. The van der Waals surface area contributed by atoms with Crippen molar-refractivity contribution < 1.29 is 9.72 Å². The lowest BCUT2D eigenvalue weighted by Crippen LogP contribution is -2.15. The van der Waals surface area contributed by atoms with Gasteiger partial charge in [-0.1, -0.05) is 17.8 Å². The Hall–Kier alpha value is -2.68. The van der Waals surface area contributed by atoms with Gasteiger partial charge >= 0.3 is 0 Å². The van der Waals surface area contributed by atoms with Gasteiger partial charge in [-0.15, -0.1) is 0 Å². The number of rotatable bonds is 5. The molecule has 0 unspecified atom stereocenters. The van der Waals surface area contributed by atoms with Gasteiger partial charge in [0.25, 0.3) is 11.2 Å². The molecule has 23 heavy (non-hydrogen) atoms. The van der Waals surface area contributed by atoms with E-state index in [4.69, 9.17) is 0 Å². The van der Waals surface area contributed by atoms with Crippen LogP contribution in [0.15, 0.2) is 34.2 Å². The average Bonchev–Trinajstić information content (AvgIpc) is 2.46. The molecule has 0 aliphatic rings. The number of nitro benzene ring substituents is 1. The molecule has 0 saturated carbocycles. The van der Waals surface area contributed by atoms with E-state index in [0.717, 1.165) is 11.8 Å². The van der Waals surface area contributed by atoms with E-state index in [1.807, 2.05) is 0 Å². The molecule has 120 valence electrons. The number of amides is 1. The fourth-order valence-electron chi connectivity index (χ4n) is 1.83. The van der Waals surface area contributed by atoms with Crippen molar-refractivity contribution in [1.82, 2.24) is 9.97 Å². The summed E-state index contributed by atoms with van der Waals surface area (Å²) in [6.45, 7) is 3.31. The molecule has 1 aromatic heterocycles. The minimum atomic E-state index is -0.499. The highest BCUT2D eigenvalue weighted by atomic mass is 32.2. The third kappa shape index (κ3) is 4.65. The van der Waals surface area contributed by atoms with E-state index in [-0.39, 0.29) is 22.9 Å². The van der Waals surface area contributed by atoms with Crippen LogP contribution in [0.2, 0.25) is 0 Å². The number of aromatic amines is 1. The molecule has 2 N–H and O–H groups in total. The Labute approximate surface area is 135 Å². The van der Waals surface area contributed by atoms with E-state index in [1.165, 1.54) is 12.1 Å². The first kappa shape index (κ1) is 16.7. The van der Waals surface area contributed by atoms with Crippen molar-refractivity contribution in [3.05, 3.63) is 56.0 Å². The smallest absolute Gasteiger partial charge is 0.274 e. The normalized spacial score (nSPS) is 10.3. The van der Waals surface area contributed by atoms with Gasteiger partial charge in [-0.2, -0.15) is 0 Å². The molecule has 0 radical (unpaired) electrons. The van der Waals surface area contributed by atoms with Gasteiger partial charge in [-0.3, -0.25) is 19.7 Å². The van der Waals surface area contributed by atoms with Crippen LogP contribution >= 0.6 is 11.8 Å². The summed E-state index contributed by atoms with van der Waals surface area (Å²) in [5, 5.41) is 13.8. The molecule has 1 heterocycles. The molecule has 1 amide bonds. The summed E-state index contributed by atoms with van der Waals surface area (Å²) >= 11 is 1.08. The standard InChI is InChI=1S/C14H14N4O4S/c1-8-3-4-10(6-11(8)18(21)22)16-13(20)7-23-14-15-9(2)5-12(19)17-14/h3-6H,7H2,1-2H3,(H,16,20)(H,15,17,19). The summed E-state index contributed by atoms with van der Waals surface area (Å²) < 4.78 is 0. The third-order valence-electron chi connectivity index (χ3n) is 2.88. The summed E-state index contributed by atoms with van der Waals surface area (Å²) in [7, 11) is 0. The number of carbonyl (C=O) groups is 1. The maximum atomic E-state index is 11.9. The zero-order valence-electron chi connectivity index (χ0n) is 12.5. The second kappa shape index (κ2) is 7.05. The van der Waals surface area contributed by atoms with E-state index < -0.39 is 4.92 Å². The van der Waals surface area contributed by atoms with Gasteiger partial charge in [0.05, 0.1) is 10.7 Å². The number of benzene rings is 1. The molecule has 0 spiro atoms. The van der Waals surface area contributed by atoms with Crippen molar-refractivity contribution in [2.45, 2.75) is 19.0 Å². The highest BCUT2D eigenvalue weighted by Gasteiger charge is 2.12. The average molecular weight is 334 g/mol. The summed E-state index contributed by atoms with van der Waals surface area (Å²) in [4.78, 5) is 40.2. The molecule has 0 fully saturated rings. The lowest BCUT2D eigenvalue weighted by Gasteiger charge is -2.06. The molecule has 1 aromatic carbocycles. The van der Waals surface area contributed by atoms with Crippen molar-refractivity contribution in [2.75, 3.05) is 11.1 Å². The molecule has 2 rings (SSSR count). The molecule has 0 bridgehead atoms. The van der Waals surface area contributed by atoms with Crippen LogP contribution in [-0.4, -0.2) is 26.6 Å². The van der Waals surface area contributed by atoms with Crippen molar-refractivity contribution in [2.24, 2.45) is 0 Å². The maximum Gasteiger partial charge on any atom is 0.274 e. The molecule has 9 heteroatoms. The Morgan fingerprint density at radius 3 is 2.78 bits per heavy atom. The summed E-state index contributed by atoms with van der Waals surface area (Å²) in [5.74, 6) is -0.328. The number of carbonyl (C=O) groups excluding carboxylic acids is 1. The van der Waals surface area contributed by atoms with Crippen LogP contribution in [0.25, 0.3) is 0 Å². The maximum absolute atomic E-state index is 11.9. The second-order valence-electron chi connectivity index (χ2n) is 4.79. The molecular weight excluding hydrogens is 320 g/mol. The number of nitrogens with zero attached hydrogens (tertiary/aromatic N) is 2. The third-order valence-corrected chi connectivity index (χ3v) is 3.75. The van der Waals surface area contributed by atoms with E-state index in [9.17, 15) is 19.7 Å². The van der Waals surface area contributed by atoms with Crippen LogP contribution in [-0.2, 0) is 4.79 Å². The number of aryl methyl sites for hydroxylation is 2. The fraction of sp³-hybridized carbons (Fsp3) is 0.214. The fourth-order valence-corrected chi connectivity index (χ4v) is 2.56. The molecule has 0 aliphatic heterocycles. The predicted molar refractivity (Wildman–Crippen MR) is 86.8 cm³/mol. The predicted octanol–water partition coefficient (Wildman–Crippen LogP) is 2.03. The molecule has 8 nitrogen and oxygen atoms in total. The highest BCUT2D eigenvalue weighted by molar-refractivity contribution is 7.99. The van der Waals surface area contributed by atoms with Gasteiger partial charge in [0.1, 0.15) is 0 Å². The van der Waals surface area contributed by atoms with E-state index in [0.29, 0.717) is 22.1 Å². The van der Waals surface area contributed by atoms with Gasteiger partial charge in [-0.05, 0) is 19.9 Å². The van der Waals surface area contributed by atoms with Gasteiger partial charge in [0.15, 0.2) is 5.16 Å². The second-order valence-corrected chi connectivity index (χ2v) is 5.75. The molecular formula is C14H14N4O4S. The Morgan fingerprint density at radius 2 is 2.13 bits per heavy atom. The number of H-pyrrole nitrogens is 1. The number of aromatic nitrogens is 2. The van der Waals surface area contributed by atoms with Crippen LogP contribution in [0.3, 0.4) is 0 Å². The summed E-state index contributed by atoms with van der Waals surface area (Å²) in [6.07, 6.45) is 0. The van der Waals surface area contributed by atoms with Crippen molar-refractivity contribution in [1.29, 1.82) is 0 Å². The minimum Gasteiger partial charge on any atom is -0.325 e. The Balaban J connectivity index is 2.01.